The molecule has 1 heterocycles. The lowest BCUT2D eigenvalue weighted by atomic mass is 10.1. The van der Waals surface area contributed by atoms with Crippen molar-refractivity contribution in [1.82, 2.24) is 15.1 Å². The van der Waals surface area contributed by atoms with E-state index in [4.69, 9.17) is 0 Å². The first-order valence-corrected chi connectivity index (χ1v) is 5.91. The predicted octanol–water partition coefficient (Wildman–Crippen LogP) is 0.622. The lowest BCUT2D eigenvalue weighted by Crippen LogP contribution is -2.52. The summed E-state index contributed by atoms with van der Waals surface area (Å²) in [6.45, 7) is 11.6. The molecule has 1 rings (SSSR count). The van der Waals surface area contributed by atoms with Crippen LogP contribution in [0.4, 0.5) is 0 Å². The maximum atomic E-state index is 3.38. The molecule has 0 saturated carbocycles. The van der Waals surface area contributed by atoms with Crippen molar-refractivity contribution < 1.29 is 0 Å². The Morgan fingerprint density at radius 3 is 2.71 bits per heavy atom. The molecule has 1 N–H and O–H groups in total. The fourth-order valence-electron chi connectivity index (χ4n) is 2.07. The van der Waals surface area contributed by atoms with Crippen LogP contribution in [0.3, 0.4) is 0 Å². The van der Waals surface area contributed by atoms with E-state index in [1.54, 1.807) is 0 Å². The molecule has 0 aromatic heterocycles. The summed E-state index contributed by atoms with van der Waals surface area (Å²) in [6.07, 6.45) is 1.27. The van der Waals surface area contributed by atoms with Crippen molar-refractivity contribution in [2.75, 3.05) is 46.3 Å². The molecule has 0 spiro atoms. The molecule has 1 aliphatic heterocycles. The van der Waals surface area contributed by atoms with Crippen molar-refractivity contribution in [2.24, 2.45) is 0 Å². The molecule has 3 heteroatoms. The molecule has 84 valence electrons. The number of hydrogen-bond acceptors (Lipinski definition) is 3. The van der Waals surface area contributed by atoms with E-state index in [9.17, 15) is 0 Å². The second kappa shape index (κ2) is 6.38. The van der Waals surface area contributed by atoms with Gasteiger partial charge >= 0.3 is 0 Å². The zero-order chi connectivity index (χ0) is 10.4. The Morgan fingerprint density at radius 2 is 2.07 bits per heavy atom. The van der Waals surface area contributed by atoms with Crippen molar-refractivity contribution in [3.63, 3.8) is 0 Å². The Labute approximate surface area is 88.5 Å². The lowest BCUT2D eigenvalue weighted by Gasteiger charge is -2.39. The van der Waals surface area contributed by atoms with E-state index in [0.717, 1.165) is 19.1 Å². The van der Waals surface area contributed by atoms with Gasteiger partial charge < -0.3 is 10.2 Å². The van der Waals surface area contributed by atoms with E-state index in [1.807, 2.05) is 0 Å². The summed E-state index contributed by atoms with van der Waals surface area (Å²) in [6, 6.07) is 0.769. The maximum absolute atomic E-state index is 3.38. The Kier molecular flexibility index (Phi) is 5.45. The molecule has 14 heavy (non-hydrogen) atoms. The van der Waals surface area contributed by atoms with Crippen molar-refractivity contribution >= 4 is 0 Å². The highest BCUT2D eigenvalue weighted by Crippen LogP contribution is 2.09. The Balaban J connectivity index is 2.21. The highest BCUT2D eigenvalue weighted by molar-refractivity contribution is 4.79. The van der Waals surface area contributed by atoms with Crippen LogP contribution < -0.4 is 5.32 Å². The average molecular weight is 199 g/mol. The van der Waals surface area contributed by atoms with E-state index in [-0.39, 0.29) is 0 Å². The second-order valence-electron chi connectivity index (χ2n) is 4.20. The highest BCUT2D eigenvalue weighted by atomic mass is 15.3. The van der Waals surface area contributed by atoms with Gasteiger partial charge in [0.2, 0.25) is 0 Å². The third-order valence-corrected chi connectivity index (χ3v) is 3.19. The van der Waals surface area contributed by atoms with E-state index in [0.29, 0.717) is 0 Å². The fraction of sp³-hybridized carbons (Fsp3) is 1.00. The number of piperazine rings is 1. The molecule has 1 fully saturated rings. The van der Waals surface area contributed by atoms with Crippen LogP contribution in [0.2, 0.25) is 0 Å². The predicted molar refractivity (Wildman–Crippen MR) is 61.7 cm³/mol. The monoisotopic (exact) mass is 199 g/mol. The Bertz CT molecular complexity index is 149. The van der Waals surface area contributed by atoms with Crippen LogP contribution >= 0.6 is 0 Å². The van der Waals surface area contributed by atoms with Crippen molar-refractivity contribution in [1.29, 1.82) is 0 Å². The number of hydrogen-bond donors (Lipinski definition) is 1. The van der Waals surface area contributed by atoms with E-state index in [2.05, 4.69) is 36.0 Å². The van der Waals surface area contributed by atoms with Gasteiger partial charge in [-0.2, -0.15) is 0 Å². The van der Waals surface area contributed by atoms with E-state index < -0.39 is 0 Å². The molecule has 0 amide bonds. The van der Waals surface area contributed by atoms with Gasteiger partial charge in [0, 0.05) is 38.8 Å². The van der Waals surface area contributed by atoms with Crippen LogP contribution in [0.5, 0.6) is 0 Å². The van der Waals surface area contributed by atoms with Crippen molar-refractivity contribution in [2.45, 2.75) is 26.3 Å². The zero-order valence-corrected chi connectivity index (χ0v) is 9.92. The first-order chi connectivity index (χ1) is 6.77. The molecule has 1 unspecified atom stereocenters. The van der Waals surface area contributed by atoms with E-state index >= 15 is 0 Å². The fourth-order valence-corrected chi connectivity index (χ4v) is 2.07. The van der Waals surface area contributed by atoms with Gasteiger partial charge in [-0.25, -0.2) is 0 Å². The van der Waals surface area contributed by atoms with E-state index in [1.165, 1.54) is 32.6 Å². The normalized spacial score (nSPS) is 25.5. The molecule has 0 bridgehead atoms. The number of nitrogens with one attached hydrogen (secondary N) is 1. The molecular formula is C11H25N3. The van der Waals surface area contributed by atoms with Gasteiger partial charge in [-0.15, -0.1) is 0 Å². The second-order valence-corrected chi connectivity index (χ2v) is 4.20. The van der Waals surface area contributed by atoms with Crippen LogP contribution in [0.1, 0.15) is 20.3 Å². The van der Waals surface area contributed by atoms with Crippen molar-refractivity contribution in [3.8, 4) is 0 Å². The van der Waals surface area contributed by atoms with Crippen LogP contribution in [0, 0.1) is 0 Å². The standard InChI is InChI=1S/C11H25N3/c1-4-11-10-14(7-6-12-5-2)9-8-13(11)3/h11-12H,4-10H2,1-3H3. The first-order valence-electron chi connectivity index (χ1n) is 5.91. The Hall–Kier alpha value is -0.120. The number of nitrogens with zero attached hydrogens (tertiary/aromatic N) is 2. The third-order valence-electron chi connectivity index (χ3n) is 3.19. The molecular weight excluding hydrogens is 174 g/mol. The van der Waals surface area contributed by atoms with Gasteiger partial charge in [0.15, 0.2) is 0 Å². The zero-order valence-electron chi connectivity index (χ0n) is 9.92. The largest absolute Gasteiger partial charge is 0.316 e. The molecule has 1 aliphatic rings. The van der Waals surface area contributed by atoms with Crippen LogP contribution in [-0.2, 0) is 0 Å². The minimum Gasteiger partial charge on any atom is -0.316 e. The summed E-state index contributed by atoms with van der Waals surface area (Å²) in [5.41, 5.74) is 0. The lowest BCUT2D eigenvalue weighted by molar-refractivity contribution is 0.0940. The van der Waals surface area contributed by atoms with Gasteiger partial charge in [0.1, 0.15) is 0 Å². The SMILES string of the molecule is CCNCCN1CCN(C)C(CC)C1. The van der Waals surface area contributed by atoms with Gasteiger partial charge in [0.25, 0.3) is 0 Å². The molecule has 0 aromatic carbocycles. The minimum atomic E-state index is 0.769. The molecule has 0 aliphatic carbocycles. The van der Waals surface area contributed by atoms with Gasteiger partial charge in [-0.1, -0.05) is 13.8 Å². The quantitative estimate of drug-likeness (QED) is 0.655. The molecule has 0 aromatic rings. The third kappa shape index (κ3) is 3.56. The van der Waals surface area contributed by atoms with Crippen LogP contribution in [0.25, 0.3) is 0 Å². The maximum Gasteiger partial charge on any atom is 0.0218 e. The summed E-state index contributed by atoms with van der Waals surface area (Å²) in [5, 5.41) is 3.38. The summed E-state index contributed by atoms with van der Waals surface area (Å²) >= 11 is 0. The van der Waals surface area contributed by atoms with Gasteiger partial charge in [-0.05, 0) is 20.0 Å². The first kappa shape index (κ1) is 12.0. The summed E-state index contributed by atoms with van der Waals surface area (Å²) in [5.74, 6) is 0. The minimum absolute atomic E-state index is 0.769. The smallest absolute Gasteiger partial charge is 0.0218 e. The molecule has 1 atom stereocenters. The van der Waals surface area contributed by atoms with Crippen molar-refractivity contribution in [3.05, 3.63) is 0 Å². The van der Waals surface area contributed by atoms with Gasteiger partial charge in [0.05, 0.1) is 0 Å². The molecule has 1 saturated heterocycles. The summed E-state index contributed by atoms with van der Waals surface area (Å²) in [4.78, 5) is 5.07. The highest BCUT2D eigenvalue weighted by Gasteiger charge is 2.21. The summed E-state index contributed by atoms with van der Waals surface area (Å²) in [7, 11) is 2.25. The summed E-state index contributed by atoms with van der Waals surface area (Å²) < 4.78 is 0. The molecule has 3 nitrogen and oxygen atoms in total. The Morgan fingerprint density at radius 1 is 1.29 bits per heavy atom. The topological polar surface area (TPSA) is 18.5 Å². The average Bonchev–Trinajstić information content (AvgIpc) is 2.21. The number of likely N-dealkylation sites (N-methyl/N-ethyl adjacent to an activating group) is 2. The van der Waals surface area contributed by atoms with Crippen LogP contribution in [-0.4, -0.2) is 62.2 Å². The molecule has 0 radical (unpaired) electrons. The van der Waals surface area contributed by atoms with Gasteiger partial charge in [-0.3, -0.25) is 4.90 Å². The number of rotatable bonds is 5. The van der Waals surface area contributed by atoms with Crippen LogP contribution in [0.15, 0.2) is 0 Å².